The molecule has 0 spiro atoms. The SMILES string of the molecule is CC[C@H](C)[C@H](NC(=O)CNc1ccccc1[N+](=O)[O-])C(=O)O. The number of nitro groups is 1. The van der Waals surface area contributed by atoms with Crippen molar-refractivity contribution in [1.29, 1.82) is 0 Å². The van der Waals surface area contributed by atoms with Gasteiger partial charge in [-0.05, 0) is 12.0 Å². The Morgan fingerprint density at radius 3 is 2.55 bits per heavy atom. The molecule has 0 aliphatic carbocycles. The number of carbonyl (C=O) groups excluding carboxylic acids is 1. The number of rotatable bonds is 8. The lowest BCUT2D eigenvalue weighted by atomic mass is 9.99. The minimum atomic E-state index is -1.10. The summed E-state index contributed by atoms with van der Waals surface area (Å²) >= 11 is 0. The quantitative estimate of drug-likeness (QED) is 0.495. The standard InChI is InChI=1S/C14H19N3O5/c1-3-9(2)13(14(19)20)16-12(18)8-15-10-6-4-5-7-11(10)17(21)22/h4-7,9,13,15H,3,8H2,1-2H3,(H,16,18)(H,19,20)/t9-,13-/m0/s1. The molecule has 8 heteroatoms. The van der Waals surface area contributed by atoms with Crippen LogP contribution in [-0.4, -0.2) is 34.5 Å². The molecule has 1 aromatic carbocycles. The summed E-state index contributed by atoms with van der Waals surface area (Å²) in [4.78, 5) is 33.2. The van der Waals surface area contributed by atoms with Gasteiger partial charge in [0.05, 0.1) is 11.5 Å². The van der Waals surface area contributed by atoms with Gasteiger partial charge < -0.3 is 15.7 Å². The number of carboxylic acids is 1. The molecule has 0 saturated heterocycles. The molecule has 8 nitrogen and oxygen atoms in total. The Hall–Kier alpha value is -2.64. The van der Waals surface area contributed by atoms with Gasteiger partial charge in [-0.25, -0.2) is 4.79 Å². The minimum absolute atomic E-state index is 0.146. The molecule has 0 unspecified atom stereocenters. The molecular formula is C14H19N3O5. The van der Waals surface area contributed by atoms with Gasteiger partial charge in [-0.3, -0.25) is 14.9 Å². The van der Waals surface area contributed by atoms with Crippen LogP contribution in [0, 0.1) is 16.0 Å². The Morgan fingerprint density at radius 1 is 1.36 bits per heavy atom. The molecule has 0 radical (unpaired) electrons. The van der Waals surface area contributed by atoms with Crippen molar-refractivity contribution in [3.63, 3.8) is 0 Å². The van der Waals surface area contributed by atoms with E-state index in [0.29, 0.717) is 6.42 Å². The first-order valence-electron chi connectivity index (χ1n) is 6.86. The largest absolute Gasteiger partial charge is 0.480 e. The smallest absolute Gasteiger partial charge is 0.326 e. The van der Waals surface area contributed by atoms with Crippen LogP contribution in [0.4, 0.5) is 11.4 Å². The van der Waals surface area contributed by atoms with E-state index in [2.05, 4.69) is 10.6 Å². The van der Waals surface area contributed by atoms with E-state index >= 15 is 0 Å². The molecule has 0 fully saturated rings. The van der Waals surface area contributed by atoms with Crippen LogP contribution in [0.15, 0.2) is 24.3 Å². The van der Waals surface area contributed by atoms with E-state index in [1.54, 1.807) is 13.0 Å². The van der Waals surface area contributed by atoms with Crippen LogP contribution < -0.4 is 10.6 Å². The number of hydrogen-bond acceptors (Lipinski definition) is 5. The average molecular weight is 309 g/mol. The first-order chi connectivity index (χ1) is 10.4. The van der Waals surface area contributed by atoms with Gasteiger partial charge in [0, 0.05) is 6.07 Å². The summed E-state index contributed by atoms with van der Waals surface area (Å²) in [5.74, 6) is -1.85. The molecule has 1 amide bonds. The third-order valence-corrected chi connectivity index (χ3v) is 3.34. The summed E-state index contributed by atoms with van der Waals surface area (Å²) in [6.07, 6.45) is 0.606. The first-order valence-corrected chi connectivity index (χ1v) is 6.86. The van der Waals surface area contributed by atoms with E-state index < -0.39 is 22.8 Å². The molecule has 0 aromatic heterocycles. The van der Waals surface area contributed by atoms with E-state index in [9.17, 15) is 19.7 Å². The van der Waals surface area contributed by atoms with Gasteiger partial charge in [0.15, 0.2) is 0 Å². The number of nitro benzene ring substituents is 1. The second-order valence-electron chi connectivity index (χ2n) is 4.90. The van der Waals surface area contributed by atoms with Crippen molar-refractivity contribution in [2.75, 3.05) is 11.9 Å². The highest BCUT2D eigenvalue weighted by molar-refractivity contribution is 5.86. The Labute approximate surface area is 127 Å². The van der Waals surface area contributed by atoms with Crippen molar-refractivity contribution in [3.8, 4) is 0 Å². The lowest BCUT2D eigenvalue weighted by Crippen LogP contribution is -2.46. The van der Waals surface area contributed by atoms with Crippen LogP contribution in [0.25, 0.3) is 0 Å². The van der Waals surface area contributed by atoms with Crippen LogP contribution in [0.5, 0.6) is 0 Å². The molecule has 3 N–H and O–H groups in total. The number of hydrogen-bond donors (Lipinski definition) is 3. The van der Waals surface area contributed by atoms with Crippen LogP contribution in [0.2, 0.25) is 0 Å². The van der Waals surface area contributed by atoms with Crippen molar-refractivity contribution in [2.24, 2.45) is 5.92 Å². The number of anilines is 1. The monoisotopic (exact) mass is 309 g/mol. The summed E-state index contributed by atoms with van der Waals surface area (Å²) < 4.78 is 0. The summed E-state index contributed by atoms with van der Waals surface area (Å²) in [5.41, 5.74) is 0.0603. The first kappa shape index (κ1) is 17.4. The molecule has 2 atom stereocenters. The van der Waals surface area contributed by atoms with Gasteiger partial charge in [-0.2, -0.15) is 0 Å². The fourth-order valence-corrected chi connectivity index (χ4v) is 1.87. The number of benzene rings is 1. The van der Waals surface area contributed by atoms with E-state index in [4.69, 9.17) is 5.11 Å². The minimum Gasteiger partial charge on any atom is -0.480 e. The number of nitrogens with one attached hydrogen (secondary N) is 2. The molecule has 0 saturated carbocycles. The van der Waals surface area contributed by atoms with Crippen LogP contribution in [0.1, 0.15) is 20.3 Å². The van der Waals surface area contributed by atoms with E-state index in [1.165, 1.54) is 18.2 Å². The van der Waals surface area contributed by atoms with Crippen molar-refractivity contribution in [3.05, 3.63) is 34.4 Å². The topological polar surface area (TPSA) is 122 Å². The van der Waals surface area contributed by atoms with Crippen molar-refractivity contribution >= 4 is 23.3 Å². The van der Waals surface area contributed by atoms with Gasteiger partial charge in [0.25, 0.3) is 5.69 Å². The lowest BCUT2D eigenvalue weighted by molar-refractivity contribution is -0.383. The highest BCUT2D eigenvalue weighted by Crippen LogP contribution is 2.22. The maximum Gasteiger partial charge on any atom is 0.326 e. The van der Waals surface area contributed by atoms with Gasteiger partial charge in [0.2, 0.25) is 5.91 Å². The second-order valence-corrected chi connectivity index (χ2v) is 4.90. The Morgan fingerprint density at radius 2 is 2.00 bits per heavy atom. The maximum absolute atomic E-state index is 11.8. The van der Waals surface area contributed by atoms with Crippen molar-refractivity contribution < 1.29 is 19.6 Å². The van der Waals surface area contributed by atoms with Gasteiger partial charge in [-0.1, -0.05) is 32.4 Å². The Balaban J connectivity index is 2.67. The van der Waals surface area contributed by atoms with Crippen LogP contribution in [-0.2, 0) is 9.59 Å². The lowest BCUT2D eigenvalue weighted by Gasteiger charge is -2.20. The molecule has 22 heavy (non-hydrogen) atoms. The van der Waals surface area contributed by atoms with E-state index in [-0.39, 0.29) is 23.8 Å². The van der Waals surface area contributed by atoms with Crippen molar-refractivity contribution in [1.82, 2.24) is 5.32 Å². The summed E-state index contributed by atoms with van der Waals surface area (Å²) in [6.45, 7) is 3.32. The number of amides is 1. The van der Waals surface area contributed by atoms with Gasteiger partial charge >= 0.3 is 5.97 Å². The Kier molecular flexibility index (Phi) is 6.30. The molecule has 120 valence electrons. The number of carboxylic acid groups (broad SMARTS) is 1. The molecule has 1 aromatic rings. The summed E-state index contributed by atoms with van der Waals surface area (Å²) in [5, 5.41) is 25.0. The molecule has 1 rings (SSSR count). The zero-order valence-corrected chi connectivity index (χ0v) is 12.4. The van der Waals surface area contributed by atoms with Gasteiger partial charge in [0.1, 0.15) is 11.7 Å². The van der Waals surface area contributed by atoms with Crippen LogP contribution in [0.3, 0.4) is 0 Å². The van der Waals surface area contributed by atoms with Crippen LogP contribution >= 0.6 is 0 Å². The molecule has 0 aliphatic rings. The van der Waals surface area contributed by atoms with Crippen molar-refractivity contribution in [2.45, 2.75) is 26.3 Å². The Bertz CT molecular complexity index is 561. The number of para-hydroxylation sites is 2. The second kappa shape index (κ2) is 7.96. The van der Waals surface area contributed by atoms with E-state index in [0.717, 1.165) is 0 Å². The zero-order chi connectivity index (χ0) is 16.7. The zero-order valence-electron chi connectivity index (χ0n) is 12.4. The predicted octanol–water partition coefficient (Wildman–Crippen LogP) is 1.62. The maximum atomic E-state index is 11.8. The highest BCUT2D eigenvalue weighted by atomic mass is 16.6. The molecular weight excluding hydrogens is 290 g/mol. The fraction of sp³-hybridized carbons (Fsp3) is 0.429. The third kappa shape index (κ3) is 4.72. The number of aliphatic carboxylic acids is 1. The third-order valence-electron chi connectivity index (χ3n) is 3.34. The summed E-state index contributed by atoms with van der Waals surface area (Å²) in [7, 11) is 0. The number of nitrogens with zero attached hydrogens (tertiary/aromatic N) is 1. The number of carbonyl (C=O) groups is 2. The molecule has 0 heterocycles. The predicted molar refractivity (Wildman–Crippen MR) is 80.6 cm³/mol. The highest BCUT2D eigenvalue weighted by Gasteiger charge is 2.25. The fourth-order valence-electron chi connectivity index (χ4n) is 1.87. The molecule has 0 bridgehead atoms. The average Bonchev–Trinajstić information content (AvgIpc) is 2.49. The molecule has 0 aliphatic heterocycles. The summed E-state index contributed by atoms with van der Waals surface area (Å²) in [6, 6.07) is 4.94. The van der Waals surface area contributed by atoms with Gasteiger partial charge in [-0.15, -0.1) is 0 Å². The van der Waals surface area contributed by atoms with E-state index in [1.807, 2.05) is 6.92 Å². The normalized spacial score (nSPS) is 13.0.